The number of amides is 1. The van der Waals surface area contributed by atoms with Gasteiger partial charge in [0.15, 0.2) is 0 Å². The van der Waals surface area contributed by atoms with Crippen LogP contribution in [0.2, 0.25) is 0 Å². The third-order valence-electron chi connectivity index (χ3n) is 5.80. The van der Waals surface area contributed by atoms with Crippen LogP contribution in [0.1, 0.15) is 34.3 Å². The minimum Gasteiger partial charge on any atom is -0.507 e. The highest BCUT2D eigenvalue weighted by atomic mass is 32.2. The Balaban J connectivity index is 1.96. The van der Waals surface area contributed by atoms with Crippen molar-refractivity contribution in [1.82, 2.24) is 0 Å². The number of carbonyl (C=O) groups excluding carboxylic acids is 2. The molecule has 0 radical (unpaired) electrons. The summed E-state index contributed by atoms with van der Waals surface area (Å²) in [6.45, 7) is 5.35. The molecular weight excluding hydrogens is 472 g/mol. The molecule has 1 fully saturated rings. The number of carbonyl (C=O) groups is 2. The third-order valence-corrected chi connectivity index (χ3v) is 6.73. The zero-order valence-corrected chi connectivity index (χ0v) is 20.3. The highest BCUT2D eigenvalue weighted by molar-refractivity contribution is 7.89. The molecule has 182 valence electrons. The maximum atomic E-state index is 13.3. The van der Waals surface area contributed by atoms with Crippen molar-refractivity contribution in [3.8, 4) is 5.75 Å². The summed E-state index contributed by atoms with van der Waals surface area (Å²) >= 11 is 0. The van der Waals surface area contributed by atoms with Gasteiger partial charge in [-0.15, -0.1) is 0 Å². The Morgan fingerprint density at radius 1 is 1.06 bits per heavy atom. The maximum Gasteiger partial charge on any atom is 0.300 e. The summed E-state index contributed by atoms with van der Waals surface area (Å²) in [4.78, 5) is 27.5. The van der Waals surface area contributed by atoms with Crippen LogP contribution in [0.3, 0.4) is 0 Å². The van der Waals surface area contributed by atoms with Gasteiger partial charge in [-0.25, -0.2) is 13.6 Å². The van der Waals surface area contributed by atoms with Gasteiger partial charge in [-0.1, -0.05) is 6.07 Å². The Morgan fingerprint density at radius 2 is 1.71 bits per heavy atom. The summed E-state index contributed by atoms with van der Waals surface area (Å²) in [5.74, 6) is -1.07. The lowest BCUT2D eigenvalue weighted by atomic mass is 9.96. The molecule has 9 nitrogen and oxygen atoms in total. The van der Waals surface area contributed by atoms with Gasteiger partial charge >= 0.3 is 0 Å². The van der Waals surface area contributed by atoms with Crippen molar-refractivity contribution >= 4 is 33.2 Å². The fourth-order valence-electron chi connectivity index (χ4n) is 4.31. The summed E-state index contributed by atoms with van der Waals surface area (Å²) in [5, 5.41) is 16.6. The van der Waals surface area contributed by atoms with Crippen molar-refractivity contribution in [3.05, 3.63) is 82.3 Å². The van der Waals surface area contributed by atoms with Crippen LogP contribution in [0.5, 0.6) is 5.75 Å². The van der Waals surface area contributed by atoms with Gasteiger partial charge < -0.3 is 14.3 Å². The summed E-state index contributed by atoms with van der Waals surface area (Å²) in [7, 11) is -2.51. The molecule has 2 heterocycles. The number of nitrogens with zero attached hydrogens (tertiary/aromatic N) is 1. The number of aliphatic hydroxyl groups excluding tert-OH is 1. The molecule has 2 aromatic carbocycles. The van der Waals surface area contributed by atoms with Gasteiger partial charge in [0.2, 0.25) is 10.0 Å². The summed E-state index contributed by atoms with van der Waals surface area (Å²) < 4.78 is 34.6. The van der Waals surface area contributed by atoms with Crippen molar-refractivity contribution in [2.24, 2.45) is 5.14 Å². The second kappa shape index (κ2) is 8.71. The van der Waals surface area contributed by atoms with Crippen molar-refractivity contribution in [1.29, 1.82) is 0 Å². The van der Waals surface area contributed by atoms with Gasteiger partial charge in [-0.3, -0.25) is 14.5 Å². The smallest absolute Gasteiger partial charge is 0.300 e. The minimum absolute atomic E-state index is 0.150. The van der Waals surface area contributed by atoms with Gasteiger partial charge in [0, 0.05) is 5.69 Å². The lowest BCUT2D eigenvalue weighted by Gasteiger charge is -2.24. The second-order valence-electron chi connectivity index (χ2n) is 8.32. The zero-order chi connectivity index (χ0) is 25.7. The average Bonchev–Trinajstić information content (AvgIpc) is 3.33. The highest BCUT2D eigenvalue weighted by Crippen LogP contribution is 2.44. The van der Waals surface area contributed by atoms with E-state index in [1.54, 1.807) is 25.1 Å². The van der Waals surface area contributed by atoms with Crippen LogP contribution in [0.4, 0.5) is 5.69 Å². The summed E-state index contributed by atoms with van der Waals surface area (Å²) in [6, 6.07) is 10.9. The van der Waals surface area contributed by atoms with Gasteiger partial charge in [-0.2, -0.15) is 0 Å². The normalized spacial score (nSPS) is 17.7. The van der Waals surface area contributed by atoms with Crippen LogP contribution >= 0.6 is 0 Å². The molecule has 1 unspecified atom stereocenters. The predicted octanol–water partition coefficient (Wildman–Crippen LogP) is 3.49. The summed E-state index contributed by atoms with van der Waals surface area (Å²) in [6.07, 6.45) is 0. The number of rotatable bonds is 5. The van der Waals surface area contributed by atoms with Gasteiger partial charge in [0.25, 0.3) is 11.7 Å². The van der Waals surface area contributed by atoms with E-state index < -0.39 is 33.5 Å². The van der Waals surface area contributed by atoms with Crippen LogP contribution in [0, 0.1) is 20.8 Å². The van der Waals surface area contributed by atoms with Crippen molar-refractivity contribution in [2.75, 3.05) is 12.0 Å². The number of aliphatic hydroxyl groups is 1. The SMILES string of the molecule is COc1c(C)cc(C)cc1/C(O)=C1\C(=O)C(=O)N(c2ccc(S(N)(=O)=O)cc2)C1c1ccc(C)o1. The molecule has 1 amide bonds. The molecule has 0 aliphatic carbocycles. The molecule has 1 saturated heterocycles. The number of sulfonamides is 1. The van der Waals surface area contributed by atoms with Crippen LogP contribution in [0.25, 0.3) is 5.76 Å². The van der Waals surface area contributed by atoms with E-state index in [1.165, 1.54) is 31.4 Å². The molecule has 0 spiro atoms. The predicted molar refractivity (Wildman–Crippen MR) is 129 cm³/mol. The Labute approximate surface area is 202 Å². The van der Waals surface area contributed by atoms with E-state index in [-0.39, 0.29) is 27.5 Å². The van der Waals surface area contributed by atoms with Gasteiger partial charge in [0.05, 0.1) is 23.1 Å². The number of ketones is 1. The molecule has 3 aromatic rings. The molecule has 1 aliphatic rings. The minimum atomic E-state index is -3.96. The van der Waals surface area contributed by atoms with E-state index >= 15 is 0 Å². The fourth-order valence-corrected chi connectivity index (χ4v) is 4.83. The number of Topliss-reactive ketones (excluding diaryl/α,β-unsaturated/α-hetero) is 1. The zero-order valence-electron chi connectivity index (χ0n) is 19.5. The number of ether oxygens (including phenoxy) is 1. The Bertz CT molecular complexity index is 1480. The number of hydrogen-bond donors (Lipinski definition) is 2. The highest BCUT2D eigenvalue weighted by Gasteiger charge is 2.48. The third kappa shape index (κ3) is 4.22. The molecule has 10 heteroatoms. The topological polar surface area (TPSA) is 140 Å². The van der Waals surface area contributed by atoms with Crippen molar-refractivity contribution in [3.63, 3.8) is 0 Å². The lowest BCUT2D eigenvalue weighted by Crippen LogP contribution is -2.29. The van der Waals surface area contributed by atoms with E-state index in [0.29, 0.717) is 11.5 Å². The standard InChI is InChI=1S/C25H24N2O7S/c1-13-11-14(2)24(33-4)18(12-13)22(28)20-21(19-10-5-15(3)34-19)27(25(30)23(20)29)16-6-8-17(9-7-16)35(26,31)32/h5-12,21,28H,1-4H3,(H2,26,31,32)/b22-20+. The Hall–Kier alpha value is -3.89. The van der Waals surface area contributed by atoms with Crippen LogP contribution in [-0.4, -0.2) is 32.3 Å². The molecule has 0 bridgehead atoms. The molecule has 1 aromatic heterocycles. The van der Waals surface area contributed by atoms with Crippen LogP contribution in [0.15, 0.2) is 63.4 Å². The van der Waals surface area contributed by atoms with E-state index in [4.69, 9.17) is 14.3 Å². The average molecular weight is 497 g/mol. The number of benzene rings is 2. The molecule has 4 rings (SSSR count). The molecule has 1 atom stereocenters. The number of anilines is 1. The van der Waals surface area contributed by atoms with Crippen molar-refractivity contribution < 1.29 is 32.3 Å². The Morgan fingerprint density at radius 3 is 2.26 bits per heavy atom. The first kappa shape index (κ1) is 24.2. The van der Waals surface area contributed by atoms with Crippen LogP contribution in [-0.2, 0) is 19.6 Å². The summed E-state index contributed by atoms with van der Waals surface area (Å²) in [5.41, 5.74) is 1.88. The maximum absolute atomic E-state index is 13.3. The quantitative estimate of drug-likeness (QED) is 0.313. The number of primary sulfonamides is 1. The molecule has 0 saturated carbocycles. The Kier molecular flexibility index (Phi) is 6.04. The van der Waals surface area contributed by atoms with E-state index in [9.17, 15) is 23.1 Å². The van der Waals surface area contributed by atoms with Gasteiger partial charge in [-0.05, 0) is 74.4 Å². The first-order chi connectivity index (χ1) is 16.4. The number of furan rings is 1. The number of nitrogens with two attached hydrogens (primary N) is 1. The lowest BCUT2D eigenvalue weighted by molar-refractivity contribution is -0.132. The molecule has 3 N–H and O–H groups in total. The van der Waals surface area contributed by atoms with Crippen molar-refractivity contribution in [2.45, 2.75) is 31.7 Å². The number of methoxy groups -OCH3 is 1. The molecule has 1 aliphatic heterocycles. The molecular formula is C25H24N2O7S. The monoisotopic (exact) mass is 496 g/mol. The largest absolute Gasteiger partial charge is 0.507 e. The number of hydrogen-bond acceptors (Lipinski definition) is 7. The fraction of sp³-hybridized carbons (Fsp3) is 0.200. The number of aryl methyl sites for hydroxylation is 3. The van der Waals surface area contributed by atoms with Crippen LogP contribution < -0.4 is 14.8 Å². The first-order valence-electron chi connectivity index (χ1n) is 10.6. The van der Waals surface area contributed by atoms with Gasteiger partial charge in [0.1, 0.15) is 29.1 Å². The molecule has 35 heavy (non-hydrogen) atoms. The van der Waals surface area contributed by atoms with E-state index in [0.717, 1.165) is 16.0 Å². The van der Waals surface area contributed by atoms with E-state index in [1.807, 2.05) is 19.9 Å². The first-order valence-corrected chi connectivity index (χ1v) is 12.1. The second-order valence-corrected chi connectivity index (χ2v) is 9.88. The van der Waals surface area contributed by atoms with E-state index in [2.05, 4.69) is 0 Å².